The predicted molar refractivity (Wildman–Crippen MR) is 159 cm³/mol. The van der Waals surface area contributed by atoms with Gasteiger partial charge in [0, 0.05) is 23.9 Å². The average Bonchev–Trinajstić information content (AvgIpc) is 3.50. The van der Waals surface area contributed by atoms with E-state index in [0.29, 0.717) is 31.2 Å². The van der Waals surface area contributed by atoms with E-state index in [2.05, 4.69) is 25.8 Å². The van der Waals surface area contributed by atoms with Crippen molar-refractivity contribution in [3.63, 3.8) is 0 Å². The van der Waals surface area contributed by atoms with Gasteiger partial charge in [-0.2, -0.15) is 9.97 Å². The molecule has 0 unspecified atom stereocenters. The molecule has 0 bridgehead atoms. The minimum atomic E-state index is -1.13. The predicted octanol–water partition coefficient (Wildman–Crippen LogP) is 5.46. The Labute approximate surface area is 256 Å². The average molecular weight is 620 g/mol. The minimum absolute atomic E-state index is 0.0135. The third kappa shape index (κ3) is 4.42. The molecule has 4 aliphatic rings. The topological polar surface area (TPSA) is 83.8 Å². The van der Waals surface area contributed by atoms with Gasteiger partial charge in [0.15, 0.2) is 5.82 Å². The molecule has 1 N–H and O–H groups in total. The van der Waals surface area contributed by atoms with Crippen LogP contribution in [0.2, 0.25) is 0 Å². The number of aromatic nitrogens is 3. The molecule has 4 atom stereocenters. The lowest BCUT2D eigenvalue weighted by molar-refractivity contribution is 0.107. The van der Waals surface area contributed by atoms with Crippen LogP contribution in [0.5, 0.6) is 17.6 Å². The number of pyridine rings is 1. The van der Waals surface area contributed by atoms with Crippen LogP contribution >= 0.6 is 0 Å². The van der Waals surface area contributed by atoms with Gasteiger partial charge in [0.05, 0.1) is 23.7 Å². The van der Waals surface area contributed by atoms with E-state index in [0.717, 1.165) is 19.4 Å². The van der Waals surface area contributed by atoms with E-state index in [1.165, 1.54) is 24.3 Å². The molecule has 0 radical (unpaired) electrons. The van der Waals surface area contributed by atoms with Gasteiger partial charge in [-0.05, 0) is 55.8 Å². The highest BCUT2D eigenvalue weighted by atomic mass is 19.1. The first-order valence-corrected chi connectivity index (χ1v) is 15.1. The van der Waals surface area contributed by atoms with E-state index in [-0.39, 0.29) is 82.4 Å². The monoisotopic (exact) mass is 619 g/mol. The summed E-state index contributed by atoms with van der Waals surface area (Å²) >= 11 is 0. The standard InChI is InChI=1S/C33H29F4N5O3/c1-2-22-24(36)7-4-17-10-21(43)11-23(25(17)22)28-27(37)29-26-30(42-14-18(34)5-6-20(42)15-44-31(26)38-28)40-32(39-29)45-16-33-8-3-9-41(33)13-19(35)12-33/h1,4,7,10-11,18-20,43H,3,5-6,8-9,12-16H2/t18-,19-,20+,33+/m1/s1. The molecule has 12 heteroatoms. The number of halogens is 4. The third-order valence-corrected chi connectivity index (χ3v) is 9.73. The molecule has 4 aliphatic heterocycles. The molecular formula is C33H29F4N5O3. The van der Waals surface area contributed by atoms with Crippen molar-refractivity contribution in [2.45, 2.75) is 56.0 Å². The van der Waals surface area contributed by atoms with Gasteiger partial charge in [-0.15, -0.1) is 6.42 Å². The number of aromatic hydroxyl groups is 1. The van der Waals surface area contributed by atoms with E-state index < -0.39 is 29.5 Å². The quantitative estimate of drug-likeness (QED) is 0.238. The summed E-state index contributed by atoms with van der Waals surface area (Å²) in [7, 11) is 0. The number of phenols is 1. The molecule has 0 aliphatic carbocycles. The summed E-state index contributed by atoms with van der Waals surface area (Å²) in [6.45, 7) is 1.37. The number of piperidine rings is 1. The van der Waals surface area contributed by atoms with Gasteiger partial charge in [0.1, 0.15) is 59.5 Å². The number of phenolic OH excluding ortho intramolecular Hbond substituents is 1. The highest BCUT2D eigenvalue weighted by Crippen LogP contribution is 2.45. The molecule has 232 valence electrons. The van der Waals surface area contributed by atoms with Crippen LogP contribution in [-0.4, -0.2) is 81.7 Å². The third-order valence-electron chi connectivity index (χ3n) is 9.73. The van der Waals surface area contributed by atoms with Crippen LogP contribution in [0.15, 0.2) is 24.3 Å². The van der Waals surface area contributed by atoms with Gasteiger partial charge >= 0.3 is 6.01 Å². The Morgan fingerprint density at radius 1 is 1.09 bits per heavy atom. The highest BCUT2D eigenvalue weighted by molar-refractivity contribution is 6.04. The summed E-state index contributed by atoms with van der Waals surface area (Å²) < 4.78 is 73.2. The van der Waals surface area contributed by atoms with Crippen molar-refractivity contribution >= 4 is 27.5 Å². The molecule has 4 aromatic rings. The minimum Gasteiger partial charge on any atom is -0.508 e. The summed E-state index contributed by atoms with van der Waals surface area (Å²) in [5.74, 6) is 0.793. The van der Waals surface area contributed by atoms with Crippen molar-refractivity contribution in [3.8, 4) is 41.2 Å². The number of hydrogen-bond donors (Lipinski definition) is 1. The second kappa shape index (κ2) is 10.3. The van der Waals surface area contributed by atoms with Crippen LogP contribution in [0.25, 0.3) is 32.9 Å². The molecule has 3 fully saturated rings. The number of fused-ring (bicyclic) bond motifs is 4. The van der Waals surface area contributed by atoms with Crippen LogP contribution in [-0.2, 0) is 0 Å². The number of anilines is 1. The second-order valence-electron chi connectivity index (χ2n) is 12.4. The van der Waals surface area contributed by atoms with Crippen molar-refractivity contribution in [1.29, 1.82) is 0 Å². The fourth-order valence-corrected chi connectivity index (χ4v) is 7.65. The molecule has 6 heterocycles. The maximum absolute atomic E-state index is 16.8. The van der Waals surface area contributed by atoms with E-state index in [4.69, 9.17) is 15.9 Å². The van der Waals surface area contributed by atoms with Crippen molar-refractivity contribution < 1.29 is 32.1 Å². The van der Waals surface area contributed by atoms with Crippen molar-refractivity contribution in [1.82, 2.24) is 19.9 Å². The largest absolute Gasteiger partial charge is 0.508 e. The zero-order chi connectivity index (χ0) is 31.0. The zero-order valence-corrected chi connectivity index (χ0v) is 24.2. The Balaban J connectivity index is 1.33. The van der Waals surface area contributed by atoms with Crippen molar-refractivity contribution in [2.75, 3.05) is 37.7 Å². The SMILES string of the molecule is C#Cc1c(F)ccc2cc(O)cc(-c3nc4c5c(nc(OC[C@@]67CCCN6C[C@H](F)C7)nc5c3F)N3C[C@H](F)CC[C@H]3CO4)c12. The Morgan fingerprint density at radius 2 is 1.96 bits per heavy atom. The molecular weight excluding hydrogens is 590 g/mol. The fraction of sp³-hybridized carbons (Fsp3) is 0.424. The lowest BCUT2D eigenvalue weighted by Gasteiger charge is -2.36. The molecule has 2 aromatic heterocycles. The van der Waals surface area contributed by atoms with Crippen LogP contribution in [0.3, 0.4) is 0 Å². The van der Waals surface area contributed by atoms with Crippen molar-refractivity contribution in [2.24, 2.45) is 0 Å². The Kier molecular flexibility index (Phi) is 6.46. The molecule has 45 heavy (non-hydrogen) atoms. The number of hydrogen-bond acceptors (Lipinski definition) is 8. The Morgan fingerprint density at radius 3 is 2.80 bits per heavy atom. The first kappa shape index (κ1) is 28.1. The van der Waals surface area contributed by atoms with Gasteiger partial charge in [-0.1, -0.05) is 12.0 Å². The maximum Gasteiger partial charge on any atom is 0.319 e. The van der Waals surface area contributed by atoms with Crippen LogP contribution in [0.1, 0.15) is 37.7 Å². The van der Waals surface area contributed by atoms with E-state index >= 15 is 4.39 Å². The summed E-state index contributed by atoms with van der Waals surface area (Å²) in [5.41, 5.74) is -1.03. The second-order valence-corrected chi connectivity index (χ2v) is 12.4. The molecule has 0 amide bonds. The molecule has 3 saturated heterocycles. The van der Waals surface area contributed by atoms with Gasteiger partial charge in [0.25, 0.3) is 0 Å². The van der Waals surface area contributed by atoms with E-state index in [1.54, 1.807) is 4.90 Å². The molecule has 8 nitrogen and oxygen atoms in total. The lowest BCUT2D eigenvalue weighted by Crippen LogP contribution is -2.47. The smallest absolute Gasteiger partial charge is 0.319 e. The van der Waals surface area contributed by atoms with Crippen LogP contribution in [0.4, 0.5) is 23.4 Å². The van der Waals surface area contributed by atoms with Gasteiger partial charge in [-0.3, -0.25) is 4.90 Å². The van der Waals surface area contributed by atoms with Crippen molar-refractivity contribution in [3.05, 3.63) is 41.5 Å². The number of nitrogens with zero attached hydrogens (tertiary/aromatic N) is 5. The van der Waals surface area contributed by atoms with Gasteiger partial charge in [0.2, 0.25) is 5.88 Å². The molecule has 0 saturated carbocycles. The molecule has 8 rings (SSSR count). The van der Waals surface area contributed by atoms with Crippen LogP contribution in [0, 0.1) is 24.0 Å². The van der Waals surface area contributed by atoms with Gasteiger partial charge < -0.3 is 19.5 Å². The number of alkyl halides is 2. The zero-order valence-electron chi connectivity index (χ0n) is 24.2. The number of ether oxygens (including phenoxy) is 2. The number of benzene rings is 2. The summed E-state index contributed by atoms with van der Waals surface area (Å²) in [5, 5.41) is 11.3. The molecule has 2 aromatic carbocycles. The molecule has 0 spiro atoms. The fourth-order valence-electron chi connectivity index (χ4n) is 7.65. The summed E-state index contributed by atoms with van der Waals surface area (Å²) in [6, 6.07) is 4.88. The highest BCUT2D eigenvalue weighted by Gasteiger charge is 2.49. The summed E-state index contributed by atoms with van der Waals surface area (Å²) in [6.07, 6.45) is 6.38. The number of terminal acetylenes is 1. The maximum atomic E-state index is 16.8. The Bertz CT molecular complexity index is 1920. The number of rotatable bonds is 4. The summed E-state index contributed by atoms with van der Waals surface area (Å²) in [4.78, 5) is 17.5. The van der Waals surface area contributed by atoms with Crippen LogP contribution < -0.4 is 14.4 Å². The van der Waals surface area contributed by atoms with E-state index in [1.807, 2.05) is 0 Å². The normalized spacial score (nSPS) is 25.9. The first-order valence-electron chi connectivity index (χ1n) is 15.1. The lowest BCUT2D eigenvalue weighted by atomic mass is 9.95. The first-order chi connectivity index (χ1) is 21.7. The Hall–Kier alpha value is -4.37. The van der Waals surface area contributed by atoms with Gasteiger partial charge in [-0.25, -0.2) is 22.5 Å². The van der Waals surface area contributed by atoms with E-state index in [9.17, 15) is 18.3 Å².